The van der Waals surface area contributed by atoms with Gasteiger partial charge in [-0.25, -0.2) is 0 Å². The van der Waals surface area contributed by atoms with E-state index in [4.69, 9.17) is 5.73 Å². The van der Waals surface area contributed by atoms with E-state index < -0.39 is 0 Å². The number of aryl methyl sites for hydroxylation is 1. The van der Waals surface area contributed by atoms with Crippen LogP contribution < -0.4 is 11.1 Å². The quantitative estimate of drug-likeness (QED) is 0.781. The van der Waals surface area contributed by atoms with Crippen LogP contribution in [0.2, 0.25) is 0 Å². The molecule has 0 amide bonds. The summed E-state index contributed by atoms with van der Waals surface area (Å²) in [6.45, 7) is 2.30. The molecule has 0 radical (unpaired) electrons. The van der Waals surface area contributed by atoms with Crippen LogP contribution in [0, 0.1) is 5.92 Å². The van der Waals surface area contributed by atoms with Crippen molar-refractivity contribution < 1.29 is 0 Å². The van der Waals surface area contributed by atoms with E-state index in [1.165, 1.54) is 25.7 Å². The van der Waals surface area contributed by atoms with Crippen molar-refractivity contribution in [1.82, 2.24) is 9.78 Å². The van der Waals surface area contributed by atoms with E-state index in [9.17, 15) is 0 Å². The average Bonchev–Trinajstić information content (AvgIpc) is 2.49. The first-order valence-corrected chi connectivity index (χ1v) is 5.72. The summed E-state index contributed by atoms with van der Waals surface area (Å²) >= 11 is 0. The van der Waals surface area contributed by atoms with Crippen LogP contribution in [0.3, 0.4) is 0 Å². The zero-order chi connectivity index (χ0) is 10.8. The molecule has 2 rings (SSSR count). The average molecular weight is 208 g/mol. The third kappa shape index (κ3) is 2.25. The summed E-state index contributed by atoms with van der Waals surface area (Å²) in [5, 5.41) is 7.78. The topological polar surface area (TPSA) is 55.9 Å². The molecule has 15 heavy (non-hydrogen) atoms. The van der Waals surface area contributed by atoms with Crippen LogP contribution in [0.15, 0.2) is 6.20 Å². The van der Waals surface area contributed by atoms with Gasteiger partial charge in [-0.05, 0) is 18.8 Å². The van der Waals surface area contributed by atoms with Gasteiger partial charge in [-0.2, -0.15) is 5.10 Å². The Morgan fingerprint density at radius 3 is 2.80 bits per heavy atom. The number of nitrogen functional groups attached to an aromatic ring is 1. The van der Waals surface area contributed by atoms with Gasteiger partial charge in [-0.3, -0.25) is 4.68 Å². The van der Waals surface area contributed by atoms with Gasteiger partial charge >= 0.3 is 0 Å². The van der Waals surface area contributed by atoms with Gasteiger partial charge in [-0.1, -0.05) is 19.8 Å². The zero-order valence-corrected chi connectivity index (χ0v) is 9.53. The summed E-state index contributed by atoms with van der Waals surface area (Å²) in [6, 6.07) is 0.538. The highest BCUT2D eigenvalue weighted by Crippen LogP contribution is 2.27. The van der Waals surface area contributed by atoms with Gasteiger partial charge in [0.15, 0.2) is 5.82 Å². The fourth-order valence-corrected chi connectivity index (χ4v) is 2.33. The lowest BCUT2D eigenvalue weighted by Crippen LogP contribution is -2.30. The fourth-order valence-electron chi connectivity index (χ4n) is 2.33. The van der Waals surface area contributed by atoms with Gasteiger partial charge in [0, 0.05) is 19.3 Å². The molecule has 1 heterocycles. The van der Waals surface area contributed by atoms with Crippen LogP contribution in [-0.2, 0) is 7.05 Å². The molecule has 3 N–H and O–H groups in total. The standard InChI is InChI=1S/C11H20N4/c1-8-5-3-4-6-10(8)13-11-9(12)7-15(2)14-11/h7-8,10H,3-6,12H2,1-2H3,(H,13,14). The first-order valence-electron chi connectivity index (χ1n) is 5.72. The predicted molar refractivity (Wildman–Crippen MR) is 62.7 cm³/mol. The van der Waals surface area contributed by atoms with E-state index >= 15 is 0 Å². The van der Waals surface area contributed by atoms with Gasteiger partial charge in [0.25, 0.3) is 0 Å². The van der Waals surface area contributed by atoms with Crippen LogP contribution in [-0.4, -0.2) is 15.8 Å². The molecular formula is C11H20N4. The number of aromatic nitrogens is 2. The Morgan fingerprint density at radius 1 is 1.47 bits per heavy atom. The highest BCUT2D eigenvalue weighted by molar-refractivity contribution is 5.60. The number of anilines is 2. The molecule has 0 spiro atoms. The van der Waals surface area contributed by atoms with Crippen molar-refractivity contribution in [3.8, 4) is 0 Å². The van der Waals surface area contributed by atoms with Gasteiger partial charge in [0.1, 0.15) is 0 Å². The van der Waals surface area contributed by atoms with Gasteiger partial charge in [0.2, 0.25) is 0 Å². The summed E-state index contributed by atoms with van der Waals surface area (Å²) in [5.41, 5.74) is 6.60. The van der Waals surface area contributed by atoms with Crippen molar-refractivity contribution in [2.24, 2.45) is 13.0 Å². The number of hydrogen-bond donors (Lipinski definition) is 2. The molecule has 1 aliphatic carbocycles. The lowest BCUT2D eigenvalue weighted by atomic mass is 9.86. The van der Waals surface area contributed by atoms with Crippen LogP contribution in [0.5, 0.6) is 0 Å². The first-order chi connectivity index (χ1) is 7.16. The third-order valence-electron chi connectivity index (χ3n) is 3.29. The lowest BCUT2D eigenvalue weighted by Gasteiger charge is -2.29. The Labute approximate surface area is 90.8 Å². The Morgan fingerprint density at radius 2 is 2.20 bits per heavy atom. The zero-order valence-electron chi connectivity index (χ0n) is 9.53. The first kappa shape index (κ1) is 10.3. The molecule has 0 aliphatic heterocycles. The molecule has 84 valence electrons. The normalized spacial score (nSPS) is 26.5. The lowest BCUT2D eigenvalue weighted by molar-refractivity contribution is 0.349. The van der Waals surface area contributed by atoms with E-state index in [-0.39, 0.29) is 0 Å². The van der Waals surface area contributed by atoms with Crippen LogP contribution >= 0.6 is 0 Å². The number of hydrogen-bond acceptors (Lipinski definition) is 3. The molecule has 4 heteroatoms. The molecule has 1 aromatic heterocycles. The molecule has 1 fully saturated rings. The monoisotopic (exact) mass is 208 g/mol. The highest BCUT2D eigenvalue weighted by atomic mass is 15.3. The molecule has 0 aromatic carbocycles. The smallest absolute Gasteiger partial charge is 0.171 e. The Hall–Kier alpha value is -1.19. The predicted octanol–water partition coefficient (Wildman–Crippen LogP) is 1.99. The molecule has 0 bridgehead atoms. The minimum Gasteiger partial charge on any atom is -0.394 e. The number of nitrogens with one attached hydrogen (secondary N) is 1. The van der Waals surface area contributed by atoms with E-state index in [1.54, 1.807) is 4.68 Å². The van der Waals surface area contributed by atoms with E-state index in [1.807, 2.05) is 13.2 Å². The van der Waals surface area contributed by atoms with Crippen molar-refractivity contribution in [1.29, 1.82) is 0 Å². The largest absolute Gasteiger partial charge is 0.394 e. The number of nitrogens with two attached hydrogens (primary N) is 1. The van der Waals surface area contributed by atoms with Crippen molar-refractivity contribution >= 4 is 11.5 Å². The van der Waals surface area contributed by atoms with Crippen LogP contribution in [0.4, 0.5) is 11.5 Å². The molecule has 1 saturated carbocycles. The molecule has 2 unspecified atom stereocenters. The number of rotatable bonds is 2. The highest BCUT2D eigenvalue weighted by Gasteiger charge is 2.22. The van der Waals surface area contributed by atoms with Crippen LogP contribution in [0.1, 0.15) is 32.6 Å². The molecule has 0 saturated heterocycles. The van der Waals surface area contributed by atoms with Crippen molar-refractivity contribution in [2.45, 2.75) is 38.6 Å². The Kier molecular flexibility index (Phi) is 2.84. The summed E-state index contributed by atoms with van der Waals surface area (Å²) in [5.74, 6) is 1.57. The SMILES string of the molecule is CC1CCCCC1Nc1nn(C)cc1N. The minimum atomic E-state index is 0.538. The summed E-state index contributed by atoms with van der Waals surface area (Å²) in [6.07, 6.45) is 7.06. The van der Waals surface area contributed by atoms with E-state index in [2.05, 4.69) is 17.3 Å². The maximum absolute atomic E-state index is 5.86. The molecular weight excluding hydrogens is 188 g/mol. The molecule has 1 aliphatic rings. The van der Waals surface area contributed by atoms with Crippen molar-refractivity contribution in [2.75, 3.05) is 11.1 Å². The Balaban J connectivity index is 2.04. The van der Waals surface area contributed by atoms with Crippen LogP contribution in [0.25, 0.3) is 0 Å². The summed E-state index contributed by atoms with van der Waals surface area (Å²) in [7, 11) is 1.89. The maximum Gasteiger partial charge on any atom is 0.171 e. The van der Waals surface area contributed by atoms with Gasteiger partial charge < -0.3 is 11.1 Å². The summed E-state index contributed by atoms with van der Waals surface area (Å²) in [4.78, 5) is 0. The van der Waals surface area contributed by atoms with Gasteiger partial charge in [0.05, 0.1) is 5.69 Å². The number of nitrogens with zero attached hydrogens (tertiary/aromatic N) is 2. The molecule has 1 aromatic rings. The molecule has 4 nitrogen and oxygen atoms in total. The fraction of sp³-hybridized carbons (Fsp3) is 0.727. The summed E-state index contributed by atoms with van der Waals surface area (Å²) < 4.78 is 1.76. The van der Waals surface area contributed by atoms with E-state index in [0.29, 0.717) is 6.04 Å². The second-order valence-corrected chi connectivity index (χ2v) is 4.62. The molecule has 2 atom stereocenters. The van der Waals surface area contributed by atoms with Crippen molar-refractivity contribution in [3.05, 3.63) is 6.20 Å². The second-order valence-electron chi connectivity index (χ2n) is 4.62. The maximum atomic E-state index is 5.86. The van der Waals surface area contributed by atoms with Gasteiger partial charge in [-0.15, -0.1) is 0 Å². The second kappa shape index (κ2) is 4.13. The van der Waals surface area contributed by atoms with Crippen molar-refractivity contribution in [3.63, 3.8) is 0 Å². The minimum absolute atomic E-state index is 0.538. The van der Waals surface area contributed by atoms with E-state index in [0.717, 1.165) is 17.4 Å². The third-order valence-corrected chi connectivity index (χ3v) is 3.29. The Bertz CT molecular complexity index is 331.